The fourth-order valence-corrected chi connectivity index (χ4v) is 3.00. The minimum atomic E-state index is 0.237. The van der Waals surface area contributed by atoms with Crippen LogP contribution in [0.5, 0.6) is 0 Å². The summed E-state index contributed by atoms with van der Waals surface area (Å²) in [6.45, 7) is 4.26. The number of aromatic amines is 1. The average Bonchev–Trinajstić information content (AvgIpc) is 2.98. The van der Waals surface area contributed by atoms with Crippen LogP contribution in [0.25, 0.3) is 10.9 Å². The van der Waals surface area contributed by atoms with E-state index < -0.39 is 0 Å². The van der Waals surface area contributed by atoms with Crippen LogP contribution in [0.15, 0.2) is 30.5 Å². The van der Waals surface area contributed by atoms with Gasteiger partial charge in [-0.2, -0.15) is 5.10 Å². The van der Waals surface area contributed by atoms with Crippen molar-refractivity contribution in [3.8, 4) is 0 Å². The van der Waals surface area contributed by atoms with Crippen LogP contribution in [0.1, 0.15) is 22.7 Å². The lowest BCUT2D eigenvalue weighted by Gasteiger charge is -2.15. The molecule has 0 aliphatic heterocycles. The van der Waals surface area contributed by atoms with Crippen LogP contribution < -0.4 is 11.1 Å². The number of nitrogens with two attached hydrogens (primary N) is 1. The van der Waals surface area contributed by atoms with Crippen molar-refractivity contribution < 1.29 is 0 Å². The highest BCUT2D eigenvalue weighted by Gasteiger charge is 2.10. The maximum absolute atomic E-state index is 6.08. The smallest absolute Gasteiger partial charge is 0.0672 e. The zero-order valence-electron chi connectivity index (χ0n) is 10.9. The molecule has 3 aromatic rings. The second kappa shape index (κ2) is 4.59. The van der Waals surface area contributed by atoms with Crippen LogP contribution in [0, 0.1) is 6.92 Å². The van der Waals surface area contributed by atoms with Gasteiger partial charge in [-0.05, 0) is 38.1 Å². The molecule has 0 aliphatic carbocycles. The number of H-pyrrole nitrogens is 1. The van der Waals surface area contributed by atoms with E-state index in [2.05, 4.69) is 41.5 Å². The van der Waals surface area contributed by atoms with Crippen LogP contribution in [-0.2, 0) is 0 Å². The highest BCUT2D eigenvalue weighted by Crippen LogP contribution is 2.30. The summed E-state index contributed by atoms with van der Waals surface area (Å²) in [5.74, 6) is 0. The molecule has 0 spiro atoms. The third kappa shape index (κ3) is 2.29. The van der Waals surface area contributed by atoms with Gasteiger partial charge in [0.2, 0.25) is 0 Å². The first-order valence-corrected chi connectivity index (χ1v) is 7.00. The minimum absolute atomic E-state index is 0.237. The number of anilines is 2. The maximum Gasteiger partial charge on any atom is 0.0672 e. The van der Waals surface area contributed by atoms with Gasteiger partial charge in [0.1, 0.15) is 0 Å². The van der Waals surface area contributed by atoms with E-state index in [0.717, 1.165) is 22.3 Å². The van der Waals surface area contributed by atoms with E-state index in [9.17, 15) is 0 Å². The number of fused-ring (bicyclic) bond motifs is 1. The minimum Gasteiger partial charge on any atom is -0.397 e. The molecule has 1 unspecified atom stereocenters. The lowest BCUT2D eigenvalue weighted by Crippen LogP contribution is -2.06. The van der Waals surface area contributed by atoms with Gasteiger partial charge in [-0.25, -0.2) is 0 Å². The number of aromatic nitrogens is 2. The summed E-state index contributed by atoms with van der Waals surface area (Å²) >= 11 is 1.80. The molecule has 19 heavy (non-hydrogen) atoms. The van der Waals surface area contributed by atoms with E-state index in [4.69, 9.17) is 5.73 Å². The van der Waals surface area contributed by atoms with Gasteiger partial charge in [0, 0.05) is 15.1 Å². The van der Waals surface area contributed by atoms with Crippen molar-refractivity contribution in [1.82, 2.24) is 10.2 Å². The predicted molar refractivity (Wildman–Crippen MR) is 81.6 cm³/mol. The molecule has 0 amide bonds. The lowest BCUT2D eigenvalue weighted by molar-refractivity contribution is 0.909. The lowest BCUT2D eigenvalue weighted by atomic mass is 10.2. The second-order valence-electron chi connectivity index (χ2n) is 4.71. The van der Waals surface area contributed by atoms with Crippen molar-refractivity contribution in [3.63, 3.8) is 0 Å². The van der Waals surface area contributed by atoms with E-state index in [1.807, 2.05) is 12.1 Å². The van der Waals surface area contributed by atoms with Crippen LogP contribution in [0.4, 0.5) is 11.4 Å². The molecule has 1 atom stereocenters. The van der Waals surface area contributed by atoms with Crippen LogP contribution in [0.2, 0.25) is 0 Å². The summed E-state index contributed by atoms with van der Waals surface area (Å²) in [6, 6.07) is 8.48. The first kappa shape index (κ1) is 12.0. The number of nitrogens with zero attached hydrogens (tertiary/aromatic N) is 1. The van der Waals surface area contributed by atoms with E-state index >= 15 is 0 Å². The molecule has 3 rings (SSSR count). The summed E-state index contributed by atoms with van der Waals surface area (Å²) in [5.41, 5.74) is 8.75. The van der Waals surface area contributed by atoms with Gasteiger partial charge in [0.25, 0.3) is 0 Å². The number of nitrogen functional groups attached to an aromatic ring is 1. The number of aryl methyl sites for hydroxylation is 1. The topological polar surface area (TPSA) is 66.7 Å². The average molecular weight is 272 g/mol. The van der Waals surface area contributed by atoms with Gasteiger partial charge in [-0.15, -0.1) is 11.3 Å². The Morgan fingerprint density at radius 3 is 2.95 bits per heavy atom. The molecule has 0 saturated carbocycles. The third-order valence-electron chi connectivity index (χ3n) is 3.17. The molecular formula is C14H16N4S. The highest BCUT2D eigenvalue weighted by atomic mass is 32.1. The second-order valence-corrected chi connectivity index (χ2v) is 6.03. The maximum atomic E-state index is 6.08. The summed E-state index contributed by atoms with van der Waals surface area (Å²) in [6.07, 6.45) is 1.78. The van der Waals surface area contributed by atoms with Gasteiger partial charge in [0.05, 0.1) is 29.1 Å². The Labute approximate surface area is 115 Å². The molecule has 5 heteroatoms. The van der Waals surface area contributed by atoms with Crippen LogP contribution in [-0.4, -0.2) is 10.2 Å². The summed E-state index contributed by atoms with van der Waals surface area (Å²) < 4.78 is 0. The van der Waals surface area contributed by atoms with Gasteiger partial charge in [0.15, 0.2) is 0 Å². The fourth-order valence-electron chi connectivity index (χ4n) is 2.12. The number of benzene rings is 1. The number of thiophene rings is 1. The van der Waals surface area contributed by atoms with Crippen molar-refractivity contribution in [2.24, 2.45) is 0 Å². The monoisotopic (exact) mass is 272 g/mol. The molecule has 0 saturated heterocycles. The van der Waals surface area contributed by atoms with Gasteiger partial charge in [-0.1, -0.05) is 0 Å². The molecule has 0 bridgehead atoms. The SMILES string of the molecule is Cc1ccc(C(C)Nc2cc3[nH]ncc3cc2N)s1. The first-order valence-electron chi connectivity index (χ1n) is 6.19. The fraction of sp³-hybridized carbons (Fsp3) is 0.214. The van der Waals surface area contributed by atoms with Crippen molar-refractivity contribution in [3.05, 3.63) is 40.2 Å². The molecule has 4 N–H and O–H groups in total. The Hall–Kier alpha value is -2.01. The molecule has 0 fully saturated rings. The Morgan fingerprint density at radius 2 is 2.21 bits per heavy atom. The van der Waals surface area contributed by atoms with Crippen molar-refractivity contribution >= 4 is 33.6 Å². The highest BCUT2D eigenvalue weighted by molar-refractivity contribution is 7.12. The van der Waals surface area contributed by atoms with Crippen molar-refractivity contribution in [1.29, 1.82) is 0 Å². The van der Waals surface area contributed by atoms with Crippen molar-refractivity contribution in [2.45, 2.75) is 19.9 Å². The van der Waals surface area contributed by atoms with Gasteiger partial charge < -0.3 is 11.1 Å². The molecule has 4 nitrogen and oxygen atoms in total. The molecule has 98 valence electrons. The quantitative estimate of drug-likeness (QED) is 0.637. The molecule has 2 heterocycles. The van der Waals surface area contributed by atoms with Gasteiger partial charge >= 0.3 is 0 Å². The Kier molecular flexibility index (Phi) is 2.91. The Balaban J connectivity index is 1.89. The van der Waals surface area contributed by atoms with Crippen LogP contribution in [0.3, 0.4) is 0 Å². The largest absolute Gasteiger partial charge is 0.397 e. The summed E-state index contributed by atoms with van der Waals surface area (Å²) in [7, 11) is 0. The number of rotatable bonds is 3. The molecule has 0 aliphatic rings. The summed E-state index contributed by atoms with van der Waals surface area (Å²) in [5, 5.41) is 11.5. The van der Waals surface area contributed by atoms with E-state index in [1.165, 1.54) is 9.75 Å². The molecule has 1 aromatic carbocycles. The zero-order chi connectivity index (χ0) is 13.4. The van der Waals surface area contributed by atoms with E-state index in [0.29, 0.717) is 0 Å². The first-order chi connectivity index (χ1) is 9.13. The standard InChI is InChI=1S/C14H16N4S/c1-8-3-4-14(19-8)9(2)17-13-6-12-10(5-11(13)15)7-16-18-12/h3-7,9,17H,15H2,1-2H3,(H,16,18). The zero-order valence-corrected chi connectivity index (χ0v) is 11.7. The van der Waals surface area contributed by atoms with E-state index in [1.54, 1.807) is 17.5 Å². The summed E-state index contributed by atoms with van der Waals surface area (Å²) in [4.78, 5) is 2.63. The predicted octanol–water partition coefficient (Wildman–Crippen LogP) is 3.69. The Morgan fingerprint density at radius 1 is 1.37 bits per heavy atom. The Bertz CT molecular complexity index is 713. The third-order valence-corrected chi connectivity index (χ3v) is 4.35. The van der Waals surface area contributed by atoms with E-state index in [-0.39, 0.29) is 6.04 Å². The van der Waals surface area contributed by atoms with Crippen molar-refractivity contribution in [2.75, 3.05) is 11.1 Å². The number of hydrogen-bond acceptors (Lipinski definition) is 4. The molecular weight excluding hydrogens is 256 g/mol. The number of nitrogens with one attached hydrogen (secondary N) is 2. The normalized spacial score (nSPS) is 12.7. The van der Waals surface area contributed by atoms with Crippen LogP contribution >= 0.6 is 11.3 Å². The molecule has 2 aromatic heterocycles. The molecule has 0 radical (unpaired) electrons. The van der Waals surface area contributed by atoms with Gasteiger partial charge in [-0.3, -0.25) is 5.10 Å². The number of hydrogen-bond donors (Lipinski definition) is 3.